The number of aromatic nitrogens is 2. The summed E-state index contributed by atoms with van der Waals surface area (Å²) >= 11 is 0. The summed E-state index contributed by atoms with van der Waals surface area (Å²) in [5.74, 6) is -10.7. The predicted molar refractivity (Wildman–Crippen MR) is 269 cm³/mol. The summed E-state index contributed by atoms with van der Waals surface area (Å²) in [4.78, 5) is 170. The summed E-state index contributed by atoms with van der Waals surface area (Å²) in [5, 5.41) is 73.2. The molecule has 78 heavy (non-hydrogen) atoms. The number of hydrogen-bond acceptors (Lipinski definition) is 18. The minimum Gasteiger partial charge on any atom is -0.481 e. The summed E-state index contributed by atoms with van der Waals surface area (Å²) < 4.78 is 0. The highest BCUT2D eigenvalue weighted by Crippen LogP contribution is 2.29. The molecule has 3 rings (SSSR count). The minimum atomic E-state index is -1.79. The largest absolute Gasteiger partial charge is 0.481 e. The van der Waals surface area contributed by atoms with Gasteiger partial charge in [0.2, 0.25) is 53.2 Å². The predicted octanol–water partition coefficient (Wildman–Crippen LogP) is -2.79. The van der Waals surface area contributed by atoms with Crippen LogP contribution in [-0.2, 0) is 59.2 Å². The van der Waals surface area contributed by atoms with E-state index >= 15 is 0 Å². The number of unbranched alkanes of at least 4 members (excludes halogenated alkanes) is 1. The van der Waals surface area contributed by atoms with Gasteiger partial charge in [-0.25, -0.2) is 4.98 Å². The molecule has 1 saturated heterocycles. The van der Waals surface area contributed by atoms with Crippen LogP contribution in [0, 0.1) is 26.1 Å². The van der Waals surface area contributed by atoms with Crippen LogP contribution < -0.4 is 47.9 Å². The van der Waals surface area contributed by atoms with Crippen molar-refractivity contribution in [1.82, 2.24) is 57.4 Å². The molecule has 1 aliphatic heterocycles. The van der Waals surface area contributed by atoms with E-state index in [1.54, 1.807) is 13.8 Å². The highest BCUT2D eigenvalue weighted by atomic mass is 16.6. The van der Waals surface area contributed by atoms with Crippen LogP contribution >= 0.6 is 0 Å². The third-order valence-corrected chi connectivity index (χ3v) is 11.7. The van der Waals surface area contributed by atoms with Gasteiger partial charge in [0.05, 0.1) is 41.4 Å². The van der Waals surface area contributed by atoms with Gasteiger partial charge in [-0.15, -0.1) is 0 Å². The third-order valence-electron chi connectivity index (χ3n) is 11.7. The Morgan fingerprint density at radius 2 is 1.42 bits per heavy atom. The first-order chi connectivity index (χ1) is 36.8. The molecule has 2 heterocycles. The number of aromatic amines is 1. The van der Waals surface area contributed by atoms with Crippen molar-refractivity contribution in [3.8, 4) is 0 Å². The van der Waals surface area contributed by atoms with E-state index in [9.17, 15) is 83.2 Å². The average molecular weight is 1100 g/mol. The van der Waals surface area contributed by atoms with E-state index < -0.39 is 161 Å². The molecule has 13 N–H and O–H groups in total. The molecule has 32 nitrogen and oxygen atoms in total. The Bertz CT molecular complexity index is 2510. The van der Waals surface area contributed by atoms with Gasteiger partial charge >= 0.3 is 11.9 Å². The van der Waals surface area contributed by atoms with Crippen LogP contribution in [0.3, 0.4) is 0 Å². The van der Waals surface area contributed by atoms with E-state index in [4.69, 9.17) is 5.11 Å². The maximum Gasteiger partial charge on any atom is 0.322 e. The lowest BCUT2D eigenvalue weighted by Gasteiger charge is -2.31. The molecule has 0 spiro atoms. The van der Waals surface area contributed by atoms with Gasteiger partial charge in [-0.1, -0.05) is 13.8 Å². The van der Waals surface area contributed by atoms with Crippen molar-refractivity contribution in [3.63, 3.8) is 0 Å². The van der Waals surface area contributed by atoms with Crippen LogP contribution in [0.25, 0.3) is 0 Å². The standard InChI is InChI=1S/C46H66N14O18/c1-24(2)16-33(56-42(70)30(53-26(4)62)8-5-6-14-48-29-11-10-28(59(75)76)18-35(29)60(77)78)46(74)58-15-7-9-34(58)44(72)55-31(12-13-38(65)66)43(71)57-40(25(3)61)45(73)50-20-36(63)49-21-37(64)54-32(17-27-19-47-23-52-27)41(69)51-22-39(67)68/h10-11,18-19,23-25,30-34,40,48,61H,5-9,12-17,20-22H2,1-4H3,(H,47,52)(H,49,63)(H,50,73)(H,51,69)(H,53,62)(H,54,64)(H,55,72)(H,56,70)(H,57,71)(H,65,66)(H,67,68)/t25-,30+,31+,32+,33+,34+,40+/m1/s1. The number of amides is 9. The molecule has 0 unspecified atom stereocenters. The first-order valence-corrected chi connectivity index (χ1v) is 24.6. The number of aliphatic carboxylic acids is 2. The van der Waals surface area contributed by atoms with Crippen LogP contribution in [0.5, 0.6) is 0 Å². The molecule has 7 atom stereocenters. The van der Waals surface area contributed by atoms with Crippen molar-refractivity contribution in [2.24, 2.45) is 5.92 Å². The summed E-state index contributed by atoms with van der Waals surface area (Å²) in [6, 6.07) is -5.22. The lowest BCUT2D eigenvalue weighted by Crippen LogP contribution is -2.60. The summed E-state index contributed by atoms with van der Waals surface area (Å²) in [7, 11) is 0. The number of nitrogens with zero attached hydrogens (tertiary/aromatic N) is 4. The van der Waals surface area contributed by atoms with Crippen molar-refractivity contribution in [1.29, 1.82) is 0 Å². The number of non-ortho nitro benzene ring substituents is 1. The van der Waals surface area contributed by atoms with Crippen molar-refractivity contribution in [2.75, 3.05) is 38.0 Å². The number of aliphatic hydroxyl groups excluding tert-OH is 1. The van der Waals surface area contributed by atoms with Gasteiger partial charge in [0.25, 0.3) is 11.4 Å². The van der Waals surface area contributed by atoms with Crippen LogP contribution in [0.15, 0.2) is 30.7 Å². The fourth-order valence-electron chi connectivity index (χ4n) is 7.95. The Morgan fingerprint density at radius 3 is 2.03 bits per heavy atom. The lowest BCUT2D eigenvalue weighted by molar-refractivity contribution is -0.393. The molecular formula is C46H66N14O18. The molecule has 0 radical (unpaired) electrons. The first kappa shape index (κ1) is 63.5. The number of nitro benzene ring substituents is 2. The second-order valence-corrected chi connectivity index (χ2v) is 18.5. The van der Waals surface area contributed by atoms with E-state index in [0.717, 1.165) is 19.1 Å². The van der Waals surface area contributed by atoms with Gasteiger partial charge in [-0.05, 0) is 63.9 Å². The quantitative estimate of drug-likeness (QED) is 0.0195. The Labute approximate surface area is 445 Å². The summed E-state index contributed by atoms with van der Waals surface area (Å²) in [6.45, 7) is 3.76. The van der Waals surface area contributed by atoms with E-state index in [2.05, 4.69) is 57.8 Å². The fourth-order valence-corrected chi connectivity index (χ4v) is 7.95. The maximum absolute atomic E-state index is 14.3. The monoisotopic (exact) mass is 1100 g/mol. The molecular weight excluding hydrogens is 1040 g/mol. The van der Waals surface area contributed by atoms with Crippen LogP contribution in [-0.4, -0.2) is 180 Å². The molecule has 1 aliphatic rings. The van der Waals surface area contributed by atoms with E-state index in [-0.39, 0.29) is 56.8 Å². The molecule has 32 heteroatoms. The molecule has 9 amide bonds. The van der Waals surface area contributed by atoms with Gasteiger partial charge in [0.15, 0.2) is 0 Å². The number of imidazole rings is 1. The number of hydrogen-bond donors (Lipinski definition) is 13. The number of nitro groups is 2. The molecule has 1 aromatic heterocycles. The molecule has 428 valence electrons. The number of anilines is 1. The zero-order valence-electron chi connectivity index (χ0n) is 43.2. The number of H-pyrrole nitrogens is 1. The highest BCUT2D eigenvalue weighted by Gasteiger charge is 2.40. The van der Waals surface area contributed by atoms with Crippen LogP contribution in [0.1, 0.15) is 84.8 Å². The zero-order valence-corrected chi connectivity index (χ0v) is 43.2. The zero-order chi connectivity index (χ0) is 58.2. The number of carboxylic acid groups (broad SMARTS) is 2. The lowest BCUT2D eigenvalue weighted by atomic mass is 10.0. The van der Waals surface area contributed by atoms with Crippen molar-refractivity contribution >= 4 is 82.2 Å². The van der Waals surface area contributed by atoms with Gasteiger partial charge in [0.1, 0.15) is 48.5 Å². The topological polar surface area (TPSA) is 475 Å². The molecule has 1 aromatic carbocycles. The Hall–Kier alpha value is -8.84. The van der Waals surface area contributed by atoms with Crippen molar-refractivity contribution < 1.29 is 77.9 Å². The normalized spacial score (nSPS) is 15.2. The minimum absolute atomic E-state index is 0.0298. The Balaban J connectivity index is 1.64. The van der Waals surface area contributed by atoms with E-state index in [1.807, 2.05) is 0 Å². The Kier molecular flexibility index (Phi) is 25.4. The van der Waals surface area contributed by atoms with Gasteiger partial charge < -0.3 is 73.1 Å². The second-order valence-electron chi connectivity index (χ2n) is 18.5. The number of benzene rings is 1. The van der Waals surface area contributed by atoms with Crippen LogP contribution in [0.2, 0.25) is 0 Å². The molecule has 2 aromatic rings. The van der Waals surface area contributed by atoms with E-state index in [0.29, 0.717) is 18.5 Å². The summed E-state index contributed by atoms with van der Waals surface area (Å²) in [5.41, 5.74) is -0.543. The third kappa shape index (κ3) is 21.4. The highest BCUT2D eigenvalue weighted by molar-refractivity contribution is 5.98. The summed E-state index contributed by atoms with van der Waals surface area (Å²) in [6.07, 6.45) is 0.823. The first-order valence-electron chi connectivity index (χ1n) is 24.6. The number of carboxylic acids is 2. The molecule has 0 saturated carbocycles. The number of likely N-dealkylation sites (tertiary alicyclic amines) is 1. The smallest absolute Gasteiger partial charge is 0.322 e. The SMILES string of the molecule is CC(=O)N[C@@H](CCCCNc1ccc([N+](=O)[O-])cc1[N+](=O)[O-])C(=O)N[C@@H](CC(C)C)C(=O)N1CCC[C@H]1C(=O)N[C@@H](CCC(=O)O)C(=O)N[C@H](C(=O)NCC(=O)NCC(=O)N[C@@H](Cc1cnc[nH]1)C(=O)NCC(=O)O)[C@@H](C)O. The fraction of sp³-hybridized carbons (Fsp3) is 0.565. The number of nitrogens with one attached hydrogen (secondary N) is 10. The average Bonchev–Trinajstić information content (AvgIpc) is 4.09. The number of carbonyl (C=O) groups is 11. The Morgan fingerprint density at radius 1 is 0.756 bits per heavy atom. The van der Waals surface area contributed by atoms with Gasteiger partial charge in [0, 0.05) is 50.8 Å². The number of aliphatic hydroxyl groups is 1. The van der Waals surface area contributed by atoms with E-state index in [1.165, 1.54) is 30.4 Å². The van der Waals surface area contributed by atoms with Crippen molar-refractivity contribution in [2.45, 2.75) is 128 Å². The van der Waals surface area contributed by atoms with Crippen LogP contribution in [0.4, 0.5) is 17.1 Å². The second kappa shape index (κ2) is 31.3. The van der Waals surface area contributed by atoms with Gasteiger partial charge in [-0.3, -0.25) is 73.0 Å². The van der Waals surface area contributed by atoms with Crippen molar-refractivity contribution in [3.05, 3.63) is 56.6 Å². The maximum atomic E-state index is 14.3. The molecule has 0 aliphatic carbocycles. The number of carbonyl (C=O) groups excluding carboxylic acids is 9. The van der Waals surface area contributed by atoms with Gasteiger partial charge in [-0.2, -0.15) is 0 Å². The molecule has 0 bridgehead atoms. The molecule has 1 fully saturated rings. The number of rotatable bonds is 33.